The molecular formula is C31H39O3S+. The fourth-order valence-electron chi connectivity index (χ4n) is 4.44. The summed E-state index contributed by atoms with van der Waals surface area (Å²) in [6.07, 6.45) is 1.35. The highest BCUT2D eigenvalue weighted by atomic mass is 32.2. The van der Waals surface area contributed by atoms with Gasteiger partial charge < -0.3 is 14.2 Å². The van der Waals surface area contributed by atoms with E-state index < -0.39 is 0 Å². The van der Waals surface area contributed by atoms with Gasteiger partial charge in [0, 0.05) is 0 Å². The largest absolute Gasteiger partial charge is 0.371 e. The molecule has 1 unspecified atom stereocenters. The van der Waals surface area contributed by atoms with Gasteiger partial charge in [-0.2, -0.15) is 0 Å². The summed E-state index contributed by atoms with van der Waals surface area (Å²) in [4.78, 5) is 0. The molecule has 0 radical (unpaired) electrons. The van der Waals surface area contributed by atoms with E-state index in [9.17, 15) is 0 Å². The molecule has 4 rings (SSSR count). The molecule has 1 heterocycles. The molecule has 0 aromatic heterocycles. The van der Waals surface area contributed by atoms with E-state index in [1.165, 1.54) is 28.9 Å². The molecule has 3 aromatic carbocycles. The average molecular weight is 492 g/mol. The quantitative estimate of drug-likeness (QED) is 0.258. The zero-order valence-electron chi connectivity index (χ0n) is 21.1. The summed E-state index contributed by atoms with van der Waals surface area (Å²) < 4.78 is 19.5. The van der Waals surface area contributed by atoms with Crippen LogP contribution in [0.2, 0.25) is 0 Å². The summed E-state index contributed by atoms with van der Waals surface area (Å²) in [5.41, 5.74) is 3.62. The van der Waals surface area contributed by atoms with Crippen LogP contribution in [0.3, 0.4) is 0 Å². The van der Waals surface area contributed by atoms with Crippen LogP contribution in [0.1, 0.15) is 37.0 Å². The molecule has 3 aromatic rings. The summed E-state index contributed by atoms with van der Waals surface area (Å²) in [5.74, 6) is 2.97. The number of hydrogen-bond acceptors (Lipinski definition) is 3. The van der Waals surface area contributed by atoms with E-state index in [2.05, 4.69) is 86.6 Å². The van der Waals surface area contributed by atoms with E-state index in [0.717, 1.165) is 5.75 Å². The van der Waals surface area contributed by atoms with Crippen molar-refractivity contribution in [1.29, 1.82) is 0 Å². The second-order valence-corrected chi connectivity index (χ2v) is 12.1. The minimum Gasteiger partial charge on any atom is -0.371 e. The molecule has 1 aliphatic rings. The number of benzene rings is 3. The minimum absolute atomic E-state index is 0.0326. The van der Waals surface area contributed by atoms with Gasteiger partial charge in [0.05, 0.1) is 26.4 Å². The lowest BCUT2D eigenvalue weighted by Gasteiger charge is -2.22. The predicted octanol–water partition coefficient (Wildman–Crippen LogP) is 6.42. The fraction of sp³-hybridized carbons (Fsp3) is 0.419. The van der Waals surface area contributed by atoms with Crippen LogP contribution in [0, 0.1) is 5.92 Å². The van der Waals surface area contributed by atoms with E-state index >= 15 is 0 Å². The molecule has 186 valence electrons. The van der Waals surface area contributed by atoms with Gasteiger partial charge in [0.15, 0.2) is 5.25 Å². The van der Waals surface area contributed by atoms with Crippen molar-refractivity contribution in [3.05, 3.63) is 108 Å². The van der Waals surface area contributed by atoms with E-state index in [0.29, 0.717) is 37.6 Å². The molecule has 1 aliphatic heterocycles. The van der Waals surface area contributed by atoms with Crippen LogP contribution in [-0.2, 0) is 44.9 Å². The highest BCUT2D eigenvalue weighted by molar-refractivity contribution is 7.97. The molecule has 0 spiro atoms. The Morgan fingerprint density at radius 2 is 1.23 bits per heavy atom. The number of ether oxygens (including phenoxy) is 3. The Labute approximate surface area is 214 Å². The van der Waals surface area contributed by atoms with Gasteiger partial charge in [-0.05, 0) is 39.9 Å². The summed E-state index contributed by atoms with van der Waals surface area (Å²) >= 11 is 0. The van der Waals surface area contributed by atoms with Crippen molar-refractivity contribution in [2.24, 2.45) is 5.92 Å². The van der Waals surface area contributed by atoms with Gasteiger partial charge in [-0.25, -0.2) is 0 Å². The van der Waals surface area contributed by atoms with Crippen molar-refractivity contribution in [2.75, 3.05) is 18.1 Å². The topological polar surface area (TPSA) is 27.7 Å². The first-order valence-electron chi connectivity index (χ1n) is 12.8. The first-order valence-corrected chi connectivity index (χ1v) is 14.4. The van der Waals surface area contributed by atoms with Gasteiger partial charge in [0.25, 0.3) is 0 Å². The lowest BCUT2D eigenvalue weighted by Crippen LogP contribution is -2.39. The monoisotopic (exact) mass is 491 g/mol. The SMILES string of the molecule is CC(C)CC[S+]1C[C@@H](OCc2ccccc2)[C@H](OCc2ccccc2)[C@H]1COCc1ccccc1. The molecule has 0 aliphatic carbocycles. The van der Waals surface area contributed by atoms with Crippen molar-refractivity contribution in [2.45, 2.75) is 57.5 Å². The maximum atomic E-state index is 6.64. The van der Waals surface area contributed by atoms with Crippen LogP contribution in [0.4, 0.5) is 0 Å². The molecule has 1 saturated heterocycles. The highest BCUT2D eigenvalue weighted by Crippen LogP contribution is 2.32. The highest BCUT2D eigenvalue weighted by Gasteiger charge is 2.52. The molecule has 0 amide bonds. The van der Waals surface area contributed by atoms with Gasteiger partial charge in [0.1, 0.15) is 23.7 Å². The van der Waals surface area contributed by atoms with Crippen LogP contribution in [-0.4, -0.2) is 35.6 Å². The van der Waals surface area contributed by atoms with Crippen LogP contribution in [0.15, 0.2) is 91.0 Å². The van der Waals surface area contributed by atoms with Gasteiger partial charge >= 0.3 is 0 Å². The van der Waals surface area contributed by atoms with Crippen LogP contribution >= 0.6 is 0 Å². The second-order valence-electron chi connectivity index (χ2n) is 9.73. The molecule has 0 bridgehead atoms. The van der Waals surface area contributed by atoms with E-state index in [4.69, 9.17) is 14.2 Å². The van der Waals surface area contributed by atoms with Gasteiger partial charge in [-0.1, -0.05) is 105 Å². The standard InChI is InChI=1S/C31H39O3S/c1-25(2)18-19-35-24-29(33-21-27-14-8-4-9-15-27)31(34-22-28-16-10-5-11-17-28)30(35)23-32-20-26-12-6-3-7-13-26/h3-17,25,29-31H,18-24H2,1-2H3/q+1/t29-,30-,31+,35?/m1/s1. The van der Waals surface area contributed by atoms with E-state index in [1.807, 2.05) is 18.2 Å². The first-order chi connectivity index (χ1) is 17.2. The fourth-order valence-corrected chi connectivity index (χ4v) is 7.56. The van der Waals surface area contributed by atoms with Crippen molar-refractivity contribution in [1.82, 2.24) is 0 Å². The Morgan fingerprint density at radius 1 is 0.714 bits per heavy atom. The van der Waals surface area contributed by atoms with Crippen LogP contribution < -0.4 is 0 Å². The molecule has 4 atom stereocenters. The normalized spacial score (nSPS) is 22.0. The summed E-state index contributed by atoms with van der Waals surface area (Å²) in [6.45, 7) is 7.20. The Bertz CT molecular complexity index is 964. The van der Waals surface area contributed by atoms with Crippen molar-refractivity contribution < 1.29 is 14.2 Å². The minimum atomic E-state index is 0.0326. The Balaban J connectivity index is 1.47. The van der Waals surface area contributed by atoms with E-state index in [1.54, 1.807) is 0 Å². The van der Waals surface area contributed by atoms with Crippen molar-refractivity contribution in [3.8, 4) is 0 Å². The molecule has 1 fully saturated rings. The zero-order chi connectivity index (χ0) is 24.3. The maximum Gasteiger partial charge on any atom is 0.170 e. The third-order valence-corrected chi connectivity index (χ3v) is 9.26. The van der Waals surface area contributed by atoms with Gasteiger partial charge in [-0.15, -0.1) is 0 Å². The third kappa shape index (κ3) is 8.22. The summed E-state index contributed by atoms with van der Waals surface area (Å²) in [5, 5.41) is 0.349. The second kappa shape index (κ2) is 13.8. The van der Waals surface area contributed by atoms with Gasteiger partial charge in [0.2, 0.25) is 0 Å². The molecular weight excluding hydrogens is 452 g/mol. The summed E-state index contributed by atoms with van der Waals surface area (Å²) in [6, 6.07) is 31.4. The third-order valence-electron chi connectivity index (χ3n) is 6.48. The summed E-state index contributed by atoms with van der Waals surface area (Å²) in [7, 11) is 0.206. The maximum absolute atomic E-state index is 6.64. The molecule has 0 N–H and O–H groups in total. The van der Waals surface area contributed by atoms with Crippen molar-refractivity contribution >= 4 is 10.9 Å². The Morgan fingerprint density at radius 3 is 1.77 bits per heavy atom. The van der Waals surface area contributed by atoms with Crippen molar-refractivity contribution in [3.63, 3.8) is 0 Å². The van der Waals surface area contributed by atoms with Crippen LogP contribution in [0.25, 0.3) is 0 Å². The molecule has 4 heteroatoms. The number of hydrogen-bond donors (Lipinski definition) is 0. The average Bonchev–Trinajstić information content (AvgIpc) is 3.23. The molecule has 35 heavy (non-hydrogen) atoms. The first kappa shape index (κ1) is 26.0. The zero-order valence-corrected chi connectivity index (χ0v) is 21.9. The Kier molecular flexibility index (Phi) is 10.3. The van der Waals surface area contributed by atoms with Gasteiger partial charge in [-0.3, -0.25) is 0 Å². The number of rotatable bonds is 13. The molecule has 3 nitrogen and oxygen atoms in total. The Hall–Kier alpha value is -2.11. The lowest BCUT2D eigenvalue weighted by atomic mass is 10.1. The molecule has 0 saturated carbocycles. The smallest absolute Gasteiger partial charge is 0.170 e. The predicted molar refractivity (Wildman–Crippen MR) is 146 cm³/mol. The van der Waals surface area contributed by atoms with Crippen LogP contribution in [0.5, 0.6) is 0 Å². The van der Waals surface area contributed by atoms with E-state index in [-0.39, 0.29) is 23.1 Å². The lowest BCUT2D eigenvalue weighted by molar-refractivity contribution is -0.0768.